The molecule has 0 unspecified atom stereocenters. The number of carbonyl (C=O) groups excluding carboxylic acids is 1. The number of nitrogens with one attached hydrogen (secondary N) is 1. The van der Waals surface area contributed by atoms with Gasteiger partial charge in [0.1, 0.15) is 5.82 Å². The zero-order chi connectivity index (χ0) is 19.2. The van der Waals surface area contributed by atoms with Crippen LogP contribution in [-0.2, 0) is 11.3 Å². The van der Waals surface area contributed by atoms with Gasteiger partial charge in [0.25, 0.3) is 0 Å². The molecular weight excluding hydrogens is 360 g/mol. The summed E-state index contributed by atoms with van der Waals surface area (Å²) in [6.45, 7) is 8.58. The molecule has 27 heavy (non-hydrogen) atoms. The predicted molar refractivity (Wildman–Crippen MR) is 111 cm³/mol. The first-order valence-corrected chi connectivity index (χ1v) is 9.51. The van der Waals surface area contributed by atoms with Crippen molar-refractivity contribution in [1.29, 1.82) is 0 Å². The minimum absolute atomic E-state index is 0.125. The fourth-order valence-corrected chi connectivity index (χ4v) is 3.20. The summed E-state index contributed by atoms with van der Waals surface area (Å²) in [6.07, 6.45) is 3.29. The van der Waals surface area contributed by atoms with Crippen LogP contribution in [0, 0.1) is 0 Å². The lowest BCUT2D eigenvalue weighted by atomic mass is 10.2. The molecule has 0 radical (unpaired) electrons. The molecule has 1 N–H and O–H groups in total. The van der Waals surface area contributed by atoms with Crippen LogP contribution in [0.3, 0.4) is 0 Å². The number of hydrogen-bond acceptors (Lipinski definition) is 4. The number of anilines is 2. The Bertz CT molecular complexity index is 790. The number of rotatable bonds is 5. The van der Waals surface area contributed by atoms with Crippen LogP contribution in [0.25, 0.3) is 0 Å². The minimum atomic E-state index is -0.125. The first-order chi connectivity index (χ1) is 13.0. The van der Waals surface area contributed by atoms with Crippen molar-refractivity contribution in [2.75, 3.05) is 36.4 Å². The van der Waals surface area contributed by atoms with Crippen LogP contribution in [-0.4, -0.2) is 42.0 Å². The van der Waals surface area contributed by atoms with E-state index in [9.17, 15) is 4.79 Å². The molecule has 3 rings (SSSR count). The van der Waals surface area contributed by atoms with E-state index < -0.39 is 0 Å². The van der Waals surface area contributed by atoms with Crippen LogP contribution >= 0.6 is 11.6 Å². The fourth-order valence-electron chi connectivity index (χ4n) is 3.07. The Morgan fingerprint density at radius 3 is 2.41 bits per heavy atom. The van der Waals surface area contributed by atoms with Crippen LogP contribution in [0.1, 0.15) is 19.4 Å². The molecule has 0 saturated carbocycles. The van der Waals surface area contributed by atoms with E-state index in [0.717, 1.165) is 49.1 Å². The van der Waals surface area contributed by atoms with E-state index in [1.54, 1.807) is 12.3 Å². The fraction of sp³-hybridized carbons (Fsp3) is 0.333. The standard InChI is InChI=1S/C21H25ClN4O/c1-16(2)13-21(27)24-19-7-8-20(23-14-19)26-11-9-25(10-12-26)15-17-3-5-18(22)6-4-17/h3-8,13-14H,9-12,15H2,1-2H3,(H,24,27). The van der Waals surface area contributed by atoms with Crippen molar-refractivity contribution in [1.82, 2.24) is 9.88 Å². The summed E-state index contributed by atoms with van der Waals surface area (Å²) in [5.74, 6) is 0.821. The molecule has 2 aromatic rings. The predicted octanol–water partition coefficient (Wildman–Crippen LogP) is 3.96. The maximum atomic E-state index is 11.8. The molecule has 1 aliphatic rings. The quantitative estimate of drug-likeness (QED) is 0.792. The second kappa shape index (κ2) is 9.02. The van der Waals surface area contributed by atoms with Gasteiger partial charge in [-0.1, -0.05) is 29.3 Å². The summed E-state index contributed by atoms with van der Waals surface area (Å²) < 4.78 is 0. The third-order valence-electron chi connectivity index (χ3n) is 4.45. The average Bonchev–Trinajstić information content (AvgIpc) is 2.64. The second-order valence-electron chi connectivity index (χ2n) is 7.01. The maximum absolute atomic E-state index is 11.8. The molecule has 2 heterocycles. The van der Waals surface area contributed by atoms with Gasteiger partial charge in [-0.05, 0) is 43.7 Å². The SMILES string of the molecule is CC(C)=CC(=O)Nc1ccc(N2CCN(Cc3ccc(Cl)cc3)CC2)nc1. The van der Waals surface area contributed by atoms with Crippen molar-refractivity contribution >= 4 is 29.0 Å². The highest BCUT2D eigenvalue weighted by Crippen LogP contribution is 2.18. The Morgan fingerprint density at radius 1 is 1.11 bits per heavy atom. The van der Waals surface area contributed by atoms with E-state index in [2.05, 4.69) is 32.2 Å². The molecule has 1 aromatic carbocycles. The van der Waals surface area contributed by atoms with E-state index in [4.69, 9.17) is 11.6 Å². The first-order valence-electron chi connectivity index (χ1n) is 9.13. The van der Waals surface area contributed by atoms with Gasteiger partial charge in [0.15, 0.2) is 0 Å². The minimum Gasteiger partial charge on any atom is -0.354 e. The molecule has 1 aromatic heterocycles. The van der Waals surface area contributed by atoms with E-state index in [0.29, 0.717) is 5.69 Å². The van der Waals surface area contributed by atoms with E-state index in [1.165, 1.54) is 5.56 Å². The van der Waals surface area contributed by atoms with Crippen LogP contribution in [0.5, 0.6) is 0 Å². The molecule has 0 bridgehead atoms. The van der Waals surface area contributed by atoms with Crippen LogP contribution in [0.15, 0.2) is 54.2 Å². The lowest BCUT2D eigenvalue weighted by Crippen LogP contribution is -2.46. The molecule has 142 valence electrons. The normalized spacial score (nSPS) is 14.7. The largest absolute Gasteiger partial charge is 0.354 e. The van der Waals surface area contributed by atoms with Gasteiger partial charge in [-0.2, -0.15) is 0 Å². The molecule has 6 heteroatoms. The Balaban J connectivity index is 1.51. The Hall–Kier alpha value is -2.37. The number of halogens is 1. The highest BCUT2D eigenvalue weighted by Gasteiger charge is 2.18. The number of benzene rings is 1. The van der Waals surface area contributed by atoms with Crippen molar-refractivity contribution in [2.24, 2.45) is 0 Å². The molecule has 0 aliphatic carbocycles. The van der Waals surface area contributed by atoms with Crippen molar-refractivity contribution in [3.8, 4) is 0 Å². The van der Waals surface area contributed by atoms with E-state index in [-0.39, 0.29) is 5.91 Å². The van der Waals surface area contributed by atoms with Crippen LogP contribution in [0.2, 0.25) is 5.02 Å². The summed E-state index contributed by atoms with van der Waals surface area (Å²) in [4.78, 5) is 21.0. The van der Waals surface area contributed by atoms with Gasteiger partial charge in [-0.15, -0.1) is 0 Å². The number of carbonyl (C=O) groups is 1. The summed E-state index contributed by atoms with van der Waals surface area (Å²) in [5.41, 5.74) is 2.96. The van der Waals surface area contributed by atoms with Crippen molar-refractivity contribution < 1.29 is 4.79 Å². The topological polar surface area (TPSA) is 48.5 Å². The van der Waals surface area contributed by atoms with Gasteiger partial charge in [-0.25, -0.2) is 4.98 Å². The van der Waals surface area contributed by atoms with Gasteiger partial charge in [0.05, 0.1) is 11.9 Å². The number of amides is 1. The lowest BCUT2D eigenvalue weighted by molar-refractivity contribution is -0.111. The first kappa shape index (κ1) is 19.4. The van der Waals surface area contributed by atoms with Gasteiger partial charge in [-0.3, -0.25) is 9.69 Å². The van der Waals surface area contributed by atoms with Gasteiger partial charge < -0.3 is 10.2 Å². The number of aromatic nitrogens is 1. The van der Waals surface area contributed by atoms with Crippen LogP contribution < -0.4 is 10.2 Å². The highest BCUT2D eigenvalue weighted by atomic mass is 35.5. The number of hydrogen-bond donors (Lipinski definition) is 1. The smallest absolute Gasteiger partial charge is 0.248 e. The molecule has 1 amide bonds. The number of pyridine rings is 1. The summed E-state index contributed by atoms with van der Waals surface area (Å²) in [5, 5.41) is 3.60. The lowest BCUT2D eigenvalue weighted by Gasteiger charge is -2.35. The van der Waals surface area contributed by atoms with Crippen molar-refractivity contribution in [3.63, 3.8) is 0 Å². The molecule has 5 nitrogen and oxygen atoms in total. The zero-order valence-electron chi connectivity index (χ0n) is 15.8. The van der Waals surface area contributed by atoms with Crippen molar-refractivity contribution in [2.45, 2.75) is 20.4 Å². The maximum Gasteiger partial charge on any atom is 0.248 e. The molecule has 1 saturated heterocycles. The summed E-state index contributed by atoms with van der Waals surface area (Å²) >= 11 is 5.95. The zero-order valence-corrected chi connectivity index (χ0v) is 16.5. The highest BCUT2D eigenvalue weighted by molar-refractivity contribution is 6.30. The second-order valence-corrected chi connectivity index (χ2v) is 7.44. The molecular formula is C21H25ClN4O. The third kappa shape index (κ3) is 5.81. The van der Waals surface area contributed by atoms with E-state index >= 15 is 0 Å². The van der Waals surface area contributed by atoms with Crippen LogP contribution in [0.4, 0.5) is 11.5 Å². The van der Waals surface area contributed by atoms with Crippen molar-refractivity contribution in [3.05, 3.63) is 64.8 Å². The average molecular weight is 385 g/mol. The Labute approximate surface area is 165 Å². The summed E-state index contributed by atoms with van der Waals surface area (Å²) in [6, 6.07) is 11.9. The number of nitrogens with zero attached hydrogens (tertiary/aromatic N) is 3. The molecule has 0 atom stereocenters. The molecule has 1 fully saturated rings. The number of allylic oxidation sites excluding steroid dienone is 1. The Morgan fingerprint density at radius 2 is 1.81 bits per heavy atom. The third-order valence-corrected chi connectivity index (χ3v) is 4.70. The van der Waals surface area contributed by atoms with Gasteiger partial charge in [0.2, 0.25) is 5.91 Å². The summed E-state index contributed by atoms with van der Waals surface area (Å²) in [7, 11) is 0. The van der Waals surface area contributed by atoms with E-state index in [1.807, 2.05) is 38.1 Å². The molecule has 0 spiro atoms. The van der Waals surface area contributed by atoms with Gasteiger partial charge >= 0.3 is 0 Å². The number of piperazine rings is 1. The Kier molecular flexibility index (Phi) is 6.48. The van der Waals surface area contributed by atoms with Gasteiger partial charge in [0, 0.05) is 43.8 Å². The monoisotopic (exact) mass is 384 g/mol. The molecule has 1 aliphatic heterocycles.